The Balaban J connectivity index is 1.36. The topological polar surface area (TPSA) is 64.7 Å². The molecule has 0 aliphatic carbocycles. The largest absolute Gasteiger partial charge is 0.416 e. The van der Waals surface area contributed by atoms with Gasteiger partial charge in [-0.2, -0.15) is 13.2 Å². The van der Waals surface area contributed by atoms with Gasteiger partial charge in [0.1, 0.15) is 5.01 Å². The highest BCUT2D eigenvalue weighted by Crippen LogP contribution is 2.32. The van der Waals surface area contributed by atoms with Crippen LogP contribution >= 0.6 is 34.4 Å². The van der Waals surface area contributed by atoms with E-state index < -0.39 is 11.7 Å². The number of alkyl halides is 3. The van der Waals surface area contributed by atoms with Crippen molar-refractivity contribution in [2.24, 2.45) is 0 Å². The van der Waals surface area contributed by atoms with Crippen LogP contribution in [0, 0.1) is 6.92 Å². The molecule has 5 nitrogen and oxygen atoms in total. The summed E-state index contributed by atoms with van der Waals surface area (Å²) in [6.45, 7) is 1.94. The second kappa shape index (κ2) is 8.25. The van der Waals surface area contributed by atoms with Gasteiger partial charge in [0.15, 0.2) is 0 Å². The highest BCUT2D eigenvalue weighted by atomic mass is 32.2. The summed E-state index contributed by atoms with van der Waals surface area (Å²) in [6.07, 6.45) is -3.85. The van der Waals surface area contributed by atoms with Crippen LogP contribution in [0.3, 0.4) is 0 Å². The first-order valence-corrected chi connectivity index (χ1v) is 11.1. The minimum atomic E-state index is -4.34. The number of aryl methyl sites for hydroxylation is 1. The molecule has 0 fully saturated rings. The summed E-state index contributed by atoms with van der Waals surface area (Å²) in [5, 5.41) is 14.0. The van der Waals surface area contributed by atoms with E-state index in [0.717, 1.165) is 28.5 Å². The molecule has 0 N–H and O–H groups in total. The van der Waals surface area contributed by atoms with Crippen LogP contribution in [0.25, 0.3) is 10.6 Å². The second-order valence-electron chi connectivity index (χ2n) is 6.00. The number of nitrogens with zero attached hydrogens (tertiary/aromatic N) is 4. The molecule has 0 unspecified atom stereocenters. The number of rotatable bonds is 6. The molecule has 0 saturated carbocycles. The van der Waals surface area contributed by atoms with Crippen molar-refractivity contribution in [2.75, 3.05) is 0 Å². The van der Waals surface area contributed by atoms with E-state index in [0.29, 0.717) is 33.9 Å². The predicted octanol–water partition coefficient (Wildman–Crippen LogP) is 5.86. The molecular formula is C18H13F3N4OS3. The minimum Gasteiger partial charge on any atom is -0.416 e. The van der Waals surface area contributed by atoms with Gasteiger partial charge in [0.05, 0.1) is 28.4 Å². The monoisotopic (exact) mass is 454 g/mol. The lowest BCUT2D eigenvalue weighted by Gasteiger charge is -2.06. The summed E-state index contributed by atoms with van der Waals surface area (Å²) in [5.41, 5.74) is 1.67. The zero-order valence-electron chi connectivity index (χ0n) is 14.9. The van der Waals surface area contributed by atoms with Crippen LogP contribution in [0.1, 0.15) is 27.8 Å². The molecule has 0 saturated heterocycles. The fraction of sp³-hybridized carbons (Fsp3) is 0.222. The van der Waals surface area contributed by atoms with Gasteiger partial charge >= 0.3 is 6.18 Å². The first-order chi connectivity index (χ1) is 13.9. The summed E-state index contributed by atoms with van der Waals surface area (Å²) in [7, 11) is 0. The molecule has 0 amide bonds. The summed E-state index contributed by atoms with van der Waals surface area (Å²) < 4.78 is 43.7. The Labute approximate surface area is 176 Å². The van der Waals surface area contributed by atoms with Crippen LogP contribution in [0.2, 0.25) is 0 Å². The van der Waals surface area contributed by atoms with Crippen LogP contribution in [-0.4, -0.2) is 20.2 Å². The summed E-state index contributed by atoms with van der Waals surface area (Å²) >= 11 is 4.31. The van der Waals surface area contributed by atoms with Crippen molar-refractivity contribution >= 4 is 34.4 Å². The van der Waals surface area contributed by atoms with Gasteiger partial charge in [0, 0.05) is 22.1 Å². The van der Waals surface area contributed by atoms with E-state index in [1.807, 2.05) is 17.7 Å². The molecule has 3 heterocycles. The number of hydrogen-bond acceptors (Lipinski definition) is 8. The third-order valence-corrected chi connectivity index (χ3v) is 6.42. The Morgan fingerprint density at radius 3 is 2.45 bits per heavy atom. The van der Waals surface area contributed by atoms with E-state index >= 15 is 0 Å². The number of benzene rings is 1. The van der Waals surface area contributed by atoms with Gasteiger partial charge in [0.2, 0.25) is 5.89 Å². The number of thiazole rings is 2. The van der Waals surface area contributed by atoms with E-state index in [4.69, 9.17) is 4.42 Å². The zero-order chi connectivity index (χ0) is 20.4. The number of aromatic nitrogens is 4. The van der Waals surface area contributed by atoms with Gasteiger partial charge in [0.25, 0.3) is 5.22 Å². The average molecular weight is 455 g/mol. The Morgan fingerprint density at radius 2 is 1.76 bits per heavy atom. The van der Waals surface area contributed by atoms with Gasteiger partial charge in [-0.05, 0) is 19.1 Å². The third-order valence-electron chi connectivity index (χ3n) is 3.80. The lowest BCUT2D eigenvalue weighted by Crippen LogP contribution is -2.03. The van der Waals surface area contributed by atoms with Crippen LogP contribution in [0.5, 0.6) is 0 Å². The number of halogens is 3. The van der Waals surface area contributed by atoms with Crippen LogP contribution in [0.4, 0.5) is 13.2 Å². The quantitative estimate of drug-likeness (QED) is 0.340. The average Bonchev–Trinajstić information content (AvgIpc) is 3.41. The SMILES string of the molecule is Cc1nc(Cc2nnc(SCc3csc(-c4ccc(C(F)(F)F)cc4)n3)o2)cs1. The van der Waals surface area contributed by atoms with Crippen molar-refractivity contribution in [3.8, 4) is 10.6 Å². The van der Waals surface area contributed by atoms with Gasteiger partial charge < -0.3 is 4.42 Å². The summed E-state index contributed by atoms with van der Waals surface area (Å²) in [6, 6.07) is 5.00. The van der Waals surface area contributed by atoms with E-state index in [2.05, 4.69) is 20.2 Å². The minimum absolute atomic E-state index is 0.441. The predicted molar refractivity (Wildman–Crippen MR) is 106 cm³/mol. The Kier molecular flexibility index (Phi) is 5.70. The Bertz CT molecular complexity index is 1100. The summed E-state index contributed by atoms with van der Waals surface area (Å²) in [4.78, 5) is 8.85. The molecular weight excluding hydrogens is 441 g/mol. The molecule has 11 heteroatoms. The molecule has 0 spiro atoms. The lowest BCUT2D eigenvalue weighted by molar-refractivity contribution is -0.137. The van der Waals surface area contributed by atoms with Gasteiger partial charge in [-0.1, -0.05) is 23.9 Å². The molecule has 4 rings (SSSR count). The van der Waals surface area contributed by atoms with E-state index in [1.54, 1.807) is 11.3 Å². The van der Waals surface area contributed by atoms with Gasteiger partial charge in [-0.3, -0.25) is 0 Å². The van der Waals surface area contributed by atoms with E-state index in [9.17, 15) is 13.2 Å². The van der Waals surface area contributed by atoms with Crippen molar-refractivity contribution in [3.05, 3.63) is 62.9 Å². The fourth-order valence-electron chi connectivity index (χ4n) is 2.46. The summed E-state index contributed by atoms with van der Waals surface area (Å²) in [5.74, 6) is 1.02. The molecule has 0 atom stereocenters. The molecule has 0 aliphatic rings. The number of hydrogen-bond donors (Lipinski definition) is 0. The smallest absolute Gasteiger partial charge is 0.416 e. The Morgan fingerprint density at radius 1 is 1.00 bits per heavy atom. The van der Waals surface area contributed by atoms with Crippen LogP contribution < -0.4 is 0 Å². The van der Waals surface area contributed by atoms with Gasteiger partial charge in [-0.25, -0.2) is 9.97 Å². The second-order valence-corrected chi connectivity index (χ2v) is 8.85. The molecule has 0 radical (unpaired) electrons. The maximum atomic E-state index is 12.7. The molecule has 1 aromatic carbocycles. The van der Waals surface area contributed by atoms with Gasteiger partial charge in [-0.15, -0.1) is 32.9 Å². The molecule has 4 aromatic rings. The first kappa shape index (κ1) is 20.0. The molecule has 150 valence electrons. The highest BCUT2D eigenvalue weighted by molar-refractivity contribution is 7.98. The van der Waals surface area contributed by atoms with Crippen LogP contribution in [-0.2, 0) is 18.3 Å². The Hall–Kier alpha value is -2.24. The highest BCUT2D eigenvalue weighted by Gasteiger charge is 2.30. The standard InChI is InChI=1S/C18H13F3N4OS3/c1-10-22-13(7-27-10)6-15-24-25-17(26-15)29-9-14-8-28-16(23-14)11-2-4-12(5-3-11)18(19,20)21/h2-5,7-8H,6,9H2,1H3. The molecule has 0 bridgehead atoms. The van der Waals surface area contributed by atoms with Crippen molar-refractivity contribution in [2.45, 2.75) is 30.5 Å². The first-order valence-electron chi connectivity index (χ1n) is 8.35. The van der Waals surface area contributed by atoms with E-state index in [1.165, 1.54) is 35.2 Å². The molecule has 29 heavy (non-hydrogen) atoms. The zero-order valence-corrected chi connectivity index (χ0v) is 17.4. The molecule has 3 aromatic heterocycles. The van der Waals surface area contributed by atoms with E-state index in [-0.39, 0.29) is 0 Å². The van der Waals surface area contributed by atoms with Crippen molar-refractivity contribution in [1.29, 1.82) is 0 Å². The maximum Gasteiger partial charge on any atom is 0.416 e. The van der Waals surface area contributed by atoms with Crippen molar-refractivity contribution in [3.63, 3.8) is 0 Å². The lowest BCUT2D eigenvalue weighted by atomic mass is 10.1. The van der Waals surface area contributed by atoms with Crippen molar-refractivity contribution in [1.82, 2.24) is 20.2 Å². The number of thioether (sulfide) groups is 1. The normalized spacial score (nSPS) is 11.9. The van der Waals surface area contributed by atoms with Crippen molar-refractivity contribution < 1.29 is 17.6 Å². The molecule has 0 aliphatic heterocycles. The van der Waals surface area contributed by atoms with Crippen LogP contribution in [0.15, 0.2) is 44.7 Å². The third kappa shape index (κ3) is 5.03. The maximum absolute atomic E-state index is 12.7. The fourth-order valence-corrected chi connectivity index (χ4v) is 4.67.